The number of rotatable bonds is 2. The Bertz CT molecular complexity index is 66.6. The third-order valence-electron chi connectivity index (χ3n) is 0.327. The molecule has 0 N–H and O–H groups in total. The van der Waals surface area contributed by atoms with E-state index in [2.05, 4.69) is 10.0 Å². The topological polar surface area (TPSA) is 48.8 Å². The molecule has 0 heterocycles. The summed E-state index contributed by atoms with van der Waals surface area (Å²) in [5.41, 5.74) is 7.64. The normalized spacial score (nSPS) is 5.86. The van der Waals surface area contributed by atoms with Crippen LogP contribution in [0.2, 0.25) is 0 Å². The summed E-state index contributed by atoms with van der Waals surface area (Å²) in [7, 11) is 0. The van der Waals surface area contributed by atoms with Crippen molar-refractivity contribution >= 4 is 0 Å². The Morgan fingerprint density at radius 3 is 2.57 bits per heavy atom. The first-order chi connectivity index (χ1) is 2.91. The van der Waals surface area contributed by atoms with Crippen molar-refractivity contribution in [2.75, 3.05) is 6.54 Å². The number of azide groups is 1. The Balaban J connectivity index is 0. The summed E-state index contributed by atoms with van der Waals surface area (Å²) in [6.07, 6.45) is 1.79. The fraction of sp³-hybridized carbons (Fsp3) is 0.667. The Morgan fingerprint density at radius 1 is 1.86 bits per heavy atom. The minimum absolute atomic E-state index is 0. The molecule has 0 spiro atoms. The van der Waals surface area contributed by atoms with E-state index in [0.29, 0.717) is 6.54 Å². The molecule has 4 heteroatoms. The average Bonchev–Trinajstić information content (AvgIpc) is 1.61. The van der Waals surface area contributed by atoms with E-state index in [1.807, 2.05) is 6.92 Å². The van der Waals surface area contributed by atoms with Gasteiger partial charge < -0.3 is 6.42 Å². The van der Waals surface area contributed by atoms with Gasteiger partial charge in [0.1, 0.15) is 0 Å². The molecule has 0 saturated heterocycles. The van der Waals surface area contributed by atoms with Gasteiger partial charge in [-0.1, -0.05) is 0 Å². The second kappa shape index (κ2) is 9.65. The van der Waals surface area contributed by atoms with Crippen molar-refractivity contribution in [1.82, 2.24) is 0 Å². The summed E-state index contributed by atoms with van der Waals surface area (Å²) in [5.74, 6) is 0. The van der Waals surface area contributed by atoms with Crippen LogP contribution in [0, 0.1) is 6.42 Å². The molecule has 0 aliphatic carbocycles. The summed E-state index contributed by atoms with van der Waals surface area (Å²) in [5, 5.41) is 3.22. The molecule has 0 aliphatic rings. The fourth-order valence-corrected chi connectivity index (χ4v) is 0.118. The number of hydrogen-bond acceptors (Lipinski definition) is 1. The van der Waals surface area contributed by atoms with Crippen molar-refractivity contribution in [3.8, 4) is 0 Å². The number of hydrogen-bond donors (Lipinski definition) is 0. The van der Waals surface area contributed by atoms with E-state index in [1.54, 1.807) is 6.42 Å². The molecule has 0 amide bonds. The quantitative estimate of drug-likeness (QED) is 0.263. The van der Waals surface area contributed by atoms with Gasteiger partial charge in [-0.2, -0.15) is 6.92 Å². The van der Waals surface area contributed by atoms with E-state index in [-0.39, 0.29) is 32.7 Å². The first-order valence-corrected chi connectivity index (χ1v) is 1.70. The summed E-state index contributed by atoms with van der Waals surface area (Å²) in [6.45, 7) is 2.34. The minimum atomic E-state index is 0. The SMILES string of the molecule is C[CH-]CN=[N+]=[N-].[Y]. The van der Waals surface area contributed by atoms with Gasteiger partial charge in [-0.25, -0.2) is 0 Å². The molecule has 0 aromatic carbocycles. The van der Waals surface area contributed by atoms with Crippen molar-refractivity contribution in [3.05, 3.63) is 16.9 Å². The van der Waals surface area contributed by atoms with Gasteiger partial charge in [0.25, 0.3) is 0 Å². The van der Waals surface area contributed by atoms with Crippen molar-refractivity contribution in [3.63, 3.8) is 0 Å². The molecule has 0 unspecified atom stereocenters. The molecule has 0 fully saturated rings. The van der Waals surface area contributed by atoms with Crippen LogP contribution in [0.15, 0.2) is 5.11 Å². The summed E-state index contributed by atoms with van der Waals surface area (Å²) < 4.78 is 0. The Morgan fingerprint density at radius 2 is 2.43 bits per heavy atom. The second-order valence-electron chi connectivity index (χ2n) is 0.822. The van der Waals surface area contributed by atoms with Crippen molar-refractivity contribution in [2.24, 2.45) is 5.11 Å². The molecule has 0 saturated carbocycles. The minimum Gasteiger partial charge on any atom is -0.326 e. The maximum Gasteiger partial charge on any atom is 0 e. The van der Waals surface area contributed by atoms with E-state index < -0.39 is 0 Å². The molecule has 3 nitrogen and oxygen atoms in total. The molecule has 0 atom stereocenters. The standard InChI is InChI=1S/C3H6N3.Y/c1-2-3-5-6-4;/h2H,3H2,1H3;/q-1;. The van der Waals surface area contributed by atoms with Crippen LogP contribution in [0.25, 0.3) is 10.4 Å². The zero-order chi connectivity index (χ0) is 4.83. The van der Waals surface area contributed by atoms with Gasteiger partial charge in [-0.3, -0.25) is 0 Å². The van der Waals surface area contributed by atoms with Crippen molar-refractivity contribution in [2.45, 2.75) is 6.92 Å². The van der Waals surface area contributed by atoms with E-state index >= 15 is 0 Å². The largest absolute Gasteiger partial charge is 0.326 e. The molecular formula is C3H6N3Y-. The summed E-state index contributed by atoms with van der Waals surface area (Å²) >= 11 is 0. The van der Waals surface area contributed by atoms with Crippen molar-refractivity contribution in [1.29, 1.82) is 0 Å². The van der Waals surface area contributed by atoms with Crippen LogP contribution >= 0.6 is 0 Å². The van der Waals surface area contributed by atoms with Crippen LogP contribution in [-0.2, 0) is 32.7 Å². The summed E-state index contributed by atoms with van der Waals surface area (Å²) in [6, 6.07) is 0. The van der Waals surface area contributed by atoms with E-state index in [9.17, 15) is 0 Å². The Hall–Kier alpha value is 0.414. The first-order valence-electron chi connectivity index (χ1n) is 1.70. The molecule has 0 aliphatic heterocycles. The zero-order valence-electron chi connectivity index (χ0n) is 4.20. The number of nitrogens with zero attached hydrogens (tertiary/aromatic N) is 3. The van der Waals surface area contributed by atoms with Crippen LogP contribution in [-0.4, -0.2) is 6.54 Å². The smallest absolute Gasteiger partial charge is 0 e. The van der Waals surface area contributed by atoms with Gasteiger partial charge in [-0.15, -0.1) is 11.7 Å². The Labute approximate surface area is 68.0 Å². The molecule has 1 radical (unpaired) electrons. The third-order valence-corrected chi connectivity index (χ3v) is 0.327. The zero-order valence-corrected chi connectivity index (χ0v) is 7.04. The molecular weight excluding hydrogens is 167 g/mol. The van der Waals surface area contributed by atoms with Gasteiger partial charge >= 0.3 is 0 Å². The van der Waals surface area contributed by atoms with Crippen LogP contribution in [0.3, 0.4) is 0 Å². The first kappa shape index (κ1) is 10.4. The van der Waals surface area contributed by atoms with E-state index in [4.69, 9.17) is 5.53 Å². The van der Waals surface area contributed by atoms with Gasteiger partial charge in [0.05, 0.1) is 0 Å². The van der Waals surface area contributed by atoms with Gasteiger partial charge in [-0.05, 0) is 10.4 Å². The Kier molecular flexibility index (Phi) is 14.3. The monoisotopic (exact) mass is 173 g/mol. The molecule has 0 aromatic rings. The van der Waals surface area contributed by atoms with E-state index in [1.165, 1.54) is 0 Å². The molecule has 7 heavy (non-hydrogen) atoms. The molecule has 0 aromatic heterocycles. The predicted molar refractivity (Wildman–Crippen MR) is 24.0 cm³/mol. The molecule has 37 valence electrons. The maximum atomic E-state index is 7.64. The predicted octanol–water partition coefficient (Wildman–Crippen LogP) is 1.52. The average molecular weight is 173 g/mol. The third kappa shape index (κ3) is 10.7. The van der Waals surface area contributed by atoms with E-state index in [0.717, 1.165) is 0 Å². The maximum absolute atomic E-state index is 7.64. The van der Waals surface area contributed by atoms with Gasteiger partial charge in [0, 0.05) is 32.7 Å². The van der Waals surface area contributed by atoms with Gasteiger partial charge in [0.2, 0.25) is 0 Å². The van der Waals surface area contributed by atoms with Crippen LogP contribution in [0.1, 0.15) is 6.92 Å². The van der Waals surface area contributed by atoms with Gasteiger partial charge in [0.15, 0.2) is 0 Å². The van der Waals surface area contributed by atoms with Crippen LogP contribution in [0.4, 0.5) is 0 Å². The molecule has 0 rings (SSSR count). The summed E-state index contributed by atoms with van der Waals surface area (Å²) in [4.78, 5) is 2.52. The fourth-order valence-electron chi connectivity index (χ4n) is 0.118. The second-order valence-corrected chi connectivity index (χ2v) is 0.822. The molecule has 0 bridgehead atoms. The van der Waals surface area contributed by atoms with Crippen molar-refractivity contribution < 1.29 is 32.7 Å². The van der Waals surface area contributed by atoms with Crippen LogP contribution < -0.4 is 0 Å². The van der Waals surface area contributed by atoms with Crippen LogP contribution in [0.5, 0.6) is 0 Å².